The number of ether oxygens (including phenoxy) is 1. The van der Waals surface area contributed by atoms with Crippen LogP contribution < -0.4 is 5.32 Å². The molecule has 1 aromatic rings. The fraction of sp³-hybridized carbons (Fsp3) is 0.647. The summed E-state index contributed by atoms with van der Waals surface area (Å²) in [6.07, 6.45) is 2.79. The van der Waals surface area contributed by atoms with E-state index < -0.39 is 0 Å². The number of rotatable bonds is 7. The molecule has 1 heterocycles. The number of nitrogens with one attached hydrogen (secondary N) is 1. The van der Waals surface area contributed by atoms with Gasteiger partial charge in [0.25, 0.3) is 0 Å². The molecule has 0 saturated carbocycles. The number of benzene rings is 1. The molecule has 0 aliphatic carbocycles. The number of hydrogen-bond acceptors (Lipinski definition) is 3. The molecule has 1 saturated heterocycles. The molecule has 3 unspecified atom stereocenters. The van der Waals surface area contributed by atoms with Crippen molar-refractivity contribution in [2.24, 2.45) is 0 Å². The van der Waals surface area contributed by atoms with Gasteiger partial charge in [-0.3, -0.25) is 4.90 Å². The molecule has 4 heteroatoms. The molecule has 118 valence electrons. The average molecular weight is 311 g/mol. The van der Waals surface area contributed by atoms with E-state index in [1.807, 2.05) is 18.2 Å². The van der Waals surface area contributed by atoms with Crippen molar-refractivity contribution in [2.45, 2.75) is 44.9 Å². The molecule has 0 amide bonds. The second-order valence-corrected chi connectivity index (χ2v) is 6.41. The third-order valence-corrected chi connectivity index (χ3v) is 4.84. The molecule has 0 bridgehead atoms. The third-order valence-electron chi connectivity index (χ3n) is 4.50. The molecule has 1 N–H and O–H groups in total. The van der Waals surface area contributed by atoms with Crippen molar-refractivity contribution in [2.75, 3.05) is 26.7 Å². The Bertz CT molecular complexity index is 435. The lowest BCUT2D eigenvalue weighted by atomic mass is 10.1. The van der Waals surface area contributed by atoms with Gasteiger partial charge in [0.2, 0.25) is 0 Å². The van der Waals surface area contributed by atoms with Crippen LogP contribution in [0.25, 0.3) is 0 Å². The Labute approximate surface area is 133 Å². The number of halogens is 1. The van der Waals surface area contributed by atoms with Crippen LogP contribution in [-0.2, 0) is 4.74 Å². The predicted molar refractivity (Wildman–Crippen MR) is 88.9 cm³/mol. The van der Waals surface area contributed by atoms with Crippen molar-refractivity contribution in [1.29, 1.82) is 0 Å². The van der Waals surface area contributed by atoms with Crippen molar-refractivity contribution in [3.05, 3.63) is 34.9 Å². The SMILES string of the molecule is CC(CNCC1CCCO1)N(C)C(C)c1ccccc1Cl. The smallest absolute Gasteiger partial charge is 0.0700 e. The van der Waals surface area contributed by atoms with E-state index in [0.29, 0.717) is 18.2 Å². The van der Waals surface area contributed by atoms with E-state index in [-0.39, 0.29) is 0 Å². The summed E-state index contributed by atoms with van der Waals surface area (Å²) in [5.74, 6) is 0. The monoisotopic (exact) mass is 310 g/mol. The first-order valence-electron chi connectivity index (χ1n) is 7.88. The van der Waals surface area contributed by atoms with E-state index in [1.54, 1.807) is 0 Å². The van der Waals surface area contributed by atoms with E-state index in [0.717, 1.165) is 24.7 Å². The second kappa shape index (κ2) is 8.14. The molecule has 1 aromatic carbocycles. The van der Waals surface area contributed by atoms with Crippen molar-refractivity contribution >= 4 is 11.6 Å². The van der Waals surface area contributed by atoms with Gasteiger partial charge < -0.3 is 10.1 Å². The van der Waals surface area contributed by atoms with Gasteiger partial charge in [-0.15, -0.1) is 0 Å². The highest BCUT2D eigenvalue weighted by Crippen LogP contribution is 2.27. The van der Waals surface area contributed by atoms with E-state index in [1.165, 1.54) is 18.4 Å². The summed E-state index contributed by atoms with van der Waals surface area (Å²) in [7, 11) is 2.16. The number of likely N-dealkylation sites (N-methyl/N-ethyl adjacent to an activating group) is 1. The second-order valence-electron chi connectivity index (χ2n) is 6.01. The van der Waals surface area contributed by atoms with Crippen LogP contribution in [0.4, 0.5) is 0 Å². The van der Waals surface area contributed by atoms with E-state index in [2.05, 4.69) is 37.2 Å². The van der Waals surface area contributed by atoms with Gasteiger partial charge in [0, 0.05) is 36.8 Å². The molecule has 0 spiro atoms. The van der Waals surface area contributed by atoms with Crippen LogP contribution in [0.1, 0.15) is 38.3 Å². The zero-order valence-corrected chi connectivity index (χ0v) is 14.1. The van der Waals surface area contributed by atoms with Gasteiger partial charge in [0.15, 0.2) is 0 Å². The van der Waals surface area contributed by atoms with Gasteiger partial charge in [0.1, 0.15) is 0 Å². The summed E-state index contributed by atoms with van der Waals surface area (Å²) in [6, 6.07) is 8.84. The van der Waals surface area contributed by atoms with Crippen LogP contribution in [0, 0.1) is 0 Å². The maximum Gasteiger partial charge on any atom is 0.0700 e. The van der Waals surface area contributed by atoms with Crippen LogP contribution in [0.3, 0.4) is 0 Å². The summed E-state index contributed by atoms with van der Waals surface area (Å²) in [6.45, 7) is 7.29. The Balaban J connectivity index is 1.80. The van der Waals surface area contributed by atoms with Crippen LogP contribution >= 0.6 is 11.6 Å². The molecular weight excluding hydrogens is 284 g/mol. The summed E-state index contributed by atoms with van der Waals surface area (Å²) in [5.41, 5.74) is 1.19. The molecule has 0 radical (unpaired) electrons. The zero-order valence-electron chi connectivity index (χ0n) is 13.3. The molecule has 1 aliphatic heterocycles. The molecule has 1 fully saturated rings. The summed E-state index contributed by atoms with van der Waals surface area (Å²) in [4.78, 5) is 2.36. The topological polar surface area (TPSA) is 24.5 Å². The van der Waals surface area contributed by atoms with Gasteiger partial charge in [-0.2, -0.15) is 0 Å². The Morgan fingerprint density at radius 1 is 1.38 bits per heavy atom. The minimum atomic E-state index is 0.304. The molecular formula is C17H27ClN2O. The molecule has 2 rings (SSSR count). The summed E-state index contributed by atoms with van der Waals surface area (Å²) in [5, 5.41) is 4.37. The van der Waals surface area contributed by atoms with Crippen molar-refractivity contribution in [1.82, 2.24) is 10.2 Å². The van der Waals surface area contributed by atoms with Gasteiger partial charge in [-0.25, -0.2) is 0 Å². The van der Waals surface area contributed by atoms with Gasteiger partial charge in [-0.1, -0.05) is 29.8 Å². The Morgan fingerprint density at radius 3 is 2.81 bits per heavy atom. The largest absolute Gasteiger partial charge is 0.377 e. The molecule has 0 aromatic heterocycles. The van der Waals surface area contributed by atoms with E-state index >= 15 is 0 Å². The van der Waals surface area contributed by atoms with Crippen LogP contribution in [-0.4, -0.2) is 43.8 Å². The molecule has 3 atom stereocenters. The Kier molecular flexibility index (Phi) is 6.49. The van der Waals surface area contributed by atoms with E-state index in [9.17, 15) is 0 Å². The average Bonchev–Trinajstić information content (AvgIpc) is 2.99. The fourth-order valence-corrected chi connectivity index (χ4v) is 3.11. The third kappa shape index (κ3) is 4.68. The highest BCUT2D eigenvalue weighted by molar-refractivity contribution is 6.31. The molecule has 3 nitrogen and oxygen atoms in total. The van der Waals surface area contributed by atoms with E-state index in [4.69, 9.17) is 16.3 Å². The standard InChI is InChI=1S/C17H27ClN2O/c1-13(11-19-12-15-7-6-10-21-15)20(3)14(2)16-8-4-5-9-17(16)18/h4-5,8-9,13-15,19H,6-7,10-12H2,1-3H3. The van der Waals surface area contributed by atoms with Crippen molar-refractivity contribution in [3.63, 3.8) is 0 Å². The van der Waals surface area contributed by atoms with Gasteiger partial charge in [0.05, 0.1) is 6.10 Å². The maximum absolute atomic E-state index is 6.30. The first kappa shape index (κ1) is 16.8. The highest BCUT2D eigenvalue weighted by Gasteiger charge is 2.20. The number of nitrogens with zero attached hydrogens (tertiary/aromatic N) is 1. The Morgan fingerprint density at radius 2 is 2.14 bits per heavy atom. The van der Waals surface area contributed by atoms with Crippen LogP contribution in [0.2, 0.25) is 5.02 Å². The minimum absolute atomic E-state index is 0.304. The maximum atomic E-state index is 6.30. The molecule has 1 aliphatic rings. The molecule has 21 heavy (non-hydrogen) atoms. The quantitative estimate of drug-likeness (QED) is 0.834. The summed E-state index contributed by atoms with van der Waals surface area (Å²) >= 11 is 6.30. The van der Waals surface area contributed by atoms with Gasteiger partial charge in [-0.05, 0) is 45.4 Å². The fourth-order valence-electron chi connectivity index (χ4n) is 2.82. The summed E-state index contributed by atoms with van der Waals surface area (Å²) < 4.78 is 5.63. The Hall–Kier alpha value is -0.610. The van der Waals surface area contributed by atoms with Crippen molar-refractivity contribution < 1.29 is 4.74 Å². The highest BCUT2D eigenvalue weighted by atomic mass is 35.5. The normalized spacial score (nSPS) is 21.7. The van der Waals surface area contributed by atoms with Crippen LogP contribution in [0.5, 0.6) is 0 Å². The van der Waals surface area contributed by atoms with Gasteiger partial charge >= 0.3 is 0 Å². The first-order valence-corrected chi connectivity index (χ1v) is 8.26. The first-order chi connectivity index (χ1) is 10.1. The predicted octanol–water partition coefficient (Wildman–Crippen LogP) is 3.49. The lowest BCUT2D eigenvalue weighted by Gasteiger charge is -2.32. The van der Waals surface area contributed by atoms with Crippen molar-refractivity contribution in [3.8, 4) is 0 Å². The van der Waals surface area contributed by atoms with Crippen LogP contribution in [0.15, 0.2) is 24.3 Å². The zero-order chi connectivity index (χ0) is 15.2. The minimum Gasteiger partial charge on any atom is -0.377 e. The lowest BCUT2D eigenvalue weighted by molar-refractivity contribution is 0.106. The number of hydrogen-bond donors (Lipinski definition) is 1. The lowest BCUT2D eigenvalue weighted by Crippen LogP contribution is -2.41.